The molecule has 2 aromatic heterocycles. The number of aromatic nitrogens is 3. The van der Waals surface area contributed by atoms with Crippen LogP contribution in [0.4, 0.5) is 32.0 Å². The zero-order valence-electron chi connectivity index (χ0n) is 18.3. The van der Waals surface area contributed by atoms with Gasteiger partial charge in [-0.2, -0.15) is 31.4 Å². The monoisotopic (exact) mass is 522 g/mol. The summed E-state index contributed by atoms with van der Waals surface area (Å²) in [6, 6.07) is 2.23. The van der Waals surface area contributed by atoms with Crippen LogP contribution in [0.25, 0.3) is 0 Å². The van der Waals surface area contributed by atoms with Crippen molar-refractivity contribution >= 4 is 21.4 Å². The second-order valence-corrected chi connectivity index (χ2v) is 11.9. The molecule has 1 N–H and O–H groups in total. The molecule has 4 fully saturated rings. The van der Waals surface area contributed by atoms with E-state index in [1.54, 1.807) is 0 Å². The molecule has 2 heterocycles. The van der Waals surface area contributed by atoms with E-state index >= 15 is 0 Å². The predicted molar refractivity (Wildman–Crippen MR) is 109 cm³/mol. The van der Waals surface area contributed by atoms with Crippen molar-refractivity contribution in [3.8, 4) is 0 Å². The van der Waals surface area contributed by atoms with Crippen LogP contribution in [0.5, 0.6) is 0 Å². The van der Waals surface area contributed by atoms with Crippen molar-refractivity contribution in [3.05, 3.63) is 35.3 Å². The van der Waals surface area contributed by atoms with E-state index in [1.807, 2.05) is 0 Å². The minimum Gasteiger partial charge on any atom is -0.320 e. The van der Waals surface area contributed by atoms with Gasteiger partial charge in [-0.25, -0.2) is 13.4 Å². The Morgan fingerprint density at radius 3 is 2.31 bits per heavy atom. The van der Waals surface area contributed by atoms with Crippen LogP contribution in [0.2, 0.25) is 0 Å². The first-order valence-electron chi connectivity index (χ1n) is 10.8. The molecule has 0 radical (unpaired) electrons. The fourth-order valence-corrected chi connectivity index (χ4v) is 6.01. The van der Waals surface area contributed by atoms with E-state index in [2.05, 4.69) is 15.4 Å². The molecule has 35 heavy (non-hydrogen) atoms. The molecule has 0 spiro atoms. The summed E-state index contributed by atoms with van der Waals surface area (Å²) < 4.78 is 106. The minimum atomic E-state index is -4.92. The topological polar surface area (TPSA) is 94.0 Å². The Bertz CT molecular complexity index is 1310. The normalized spacial score (nSPS) is 26.1. The summed E-state index contributed by atoms with van der Waals surface area (Å²) in [7, 11) is -3.75. The van der Waals surface area contributed by atoms with Crippen molar-refractivity contribution in [2.24, 2.45) is 10.8 Å². The maximum Gasteiger partial charge on any atom is 0.420 e. The summed E-state index contributed by atoms with van der Waals surface area (Å²) in [5.74, 6) is -1.66. The van der Waals surface area contributed by atoms with Crippen molar-refractivity contribution in [2.45, 2.75) is 61.9 Å². The van der Waals surface area contributed by atoms with E-state index in [1.165, 1.54) is 6.07 Å². The third kappa shape index (κ3) is 3.99. The van der Waals surface area contributed by atoms with Gasteiger partial charge in [0.1, 0.15) is 11.3 Å². The minimum absolute atomic E-state index is 0.0965. The van der Waals surface area contributed by atoms with Crippen LogP contribution in [-0.2, 0) is 22.6 Å². The van der Waals surface area contributed by atoms with Crippen molar-refractivity contribution < 1.29 is 39.6 Å². The number of carbonyl (C=O) groups excluding carboxylic acids is 1. The third-order valence-electron chi connectivity index (χ3n) is 7.04. The van der Waals surface area contributed by atoms with Gasteiger partial charge in [0, 0.05) is 30.6 Å². The van der Waals surface area contributed by atoms with Crippen molar-refractivity contribution in [1.29, 1.82) is 0 Å². The highest BCUT2D eigenvalue weighted by Crippen LogP contribution is 2.79. The fraction of sp³-hybridized carbons (Fsp3) is 0.571. The first-order valence-corrected chi connectivity index (χ1v) is 12.6. The Hall–Kier alpha value is -2.64. The number of anilines is 1. The molecule has 2 aromatic rings. The second kappa shape index (κ2) is 7.20. The highest BCUT2D eigenvalue weighted by molar-refractivity contribution is 7.90. The average molecular weight is 522 g/mol. The van der Waals surface area contributed by atoms with Gasteiger partial charge in [-0.1, -0.05) is 0 Å². The number of carbonyl (C=O) groups is 1. The lowest BCUT2D eigenvalue weighted by atomic mass is 9.35. The van der Waals surface area contributed by atoms with Gasteiger partial charge < -0.3 is 5.32 Å². The Kier molecular flexibility index (Phi) is 4.95. The largest absolute Gasteiger partial charge is 0.420 e. The SMILES string of the molecule is CS(=O)(=O)c1cc(NC(=O)c2c(C(F)(F)F)c(C3CC3)nn2CC23CC(C(F)(F)F)(C2)C3)ccn1. The smallest absolute Gasteiger partial charge is 0.320 e. The molecule has 190 valence electrons. The lowest BCUT2D eigenvalue weighted by molar-refractivity contribution is -0.366. The maximum absolute atomic E-state index is 14.1. The Labute approximate surface area is 195 Å². The second-order valence-electron chi connectivity index (χ2n) is 9.96. The lowest BCUT2D eigenvalue weighted by Crippen LogP contribution is -2.69. The van der Waals surface area contributed by atoms with Gasteiger partial charge in [-0.15, -0.1) is 0 Å². The molecule has 4 aliphatic carbocycles. The number of alkyl halides is 6. The van der Waals surface area contributed by atoms with E-state index in [0.29, 0.717) is 12.8 Å². The molecular weight excluding hydrogens is 502 g/mol. The molecule has 0 aromatic carbocycles. The van der Waals surface area contributed by atoms with Crippen LogP contribution in [-0.4, -0.2) is 41.5 Å². The first-order chi connectivity index (χ1) is 16.0. The Balaban J connectivity index is 1.50. The number of pyridine rings is 1. The quantitative estimate of drug-likeness (QED) is 0.562. The third-order valence-corrected chi connectivity index (χ3v) is 8.02. The summed E-state index contributed by atoms with van der Waals surface area (Å²) in [6.45, 7) is -0.242. The van der Waals surface area contributed by atoms with Gasteiger partial charge in [0.2, 0.25) is 0 Å². The molecule has 2 bridgehead atoms. The molecule has 14 heteroatoms. The number of sulfone groups is 1. The number of halogens is 6. The molecule has 6 rings (SSSR count). The van der Waals surface area contributed by atoms with Crippen LogP contribution in [0.3, 0.4) is 0 Å². The van der Waals surface area contributed by atoms with E-state index in [0.717, 1.165) is 23.2 Å². The van der Waals surface area contributed by atoms with Crippen molar-refractivity contribution in [3.63, 3.8) is 0 Å². The van der Waals surface area contributed by atoms with E-state index in [9.17, 15) is 39.6 Å². The van der Waals surface area contributed by atoms with Crippen LogP contribution >= 0.6 is 0 Å². The molecule has 4 aliphatic rings. The number of hydrogen-bond acceptors (Lipinski definition) is 5. The van der Waals surface area contributed by atoms with Crippen molar-refractivity contribution in [1.82, 2.24) is 14.8 Å². The van der Waals surface area contributed by atoms with Gasteiger partial charge in [0.15, 0.2) is 14.9 Å². The summed E-state index contributed by atoms with van der Waals surface area (Å²) in [5.41, 5.74) is -5.03. The lowest BCUT2D eigenvalue weighted by Gasteiger charge is -2.70. The van der Waals surface area contributed by atoms with Gasteiger partial charge in [0.25, 0.3) is 5.91 Å². The molecule has 0 saturated heterocycles. The highest BCUT2D eigenvalue weighted by atomic mass is 32.2. The number of hydrogen-bond donors (Lipinski definition) is 1. The van der Waals surface area contributed by atoms with Gasteiger partial charge in [0.05, 0.1) is 11.1 Å². The van der Waals surface area contributed by atoms with Gasteiger partial charge in [-0.05, 0) is 49.7 Å². The van der Waals surface area contributed by atoms with Gasteiger partial charge >= 0.3 is 12.4 Å². The molecule has 1 amide bonds. The first kappa shape index (κ1) is 24.1. The standard InChI is InChI=1S/C21H20F6N4O3S/c1-35(33,34)13-6-12(4-5-28-13)29-17(32)16-14(20(22,23)24)15(11-2-3-11)30-31(16)10-18-7-19(8-18,9-18)21(25,26)27/h4-6,11H,2-3,7-10H2,1H3,(H,28,29,32). The number of nitrogens with one attached hydrogen (secondary N) is 1. The average Bonchev–Trinajstić information content (AvgIpc) is 3.41. The fourth-order valence-electron chi connectivity index (χ4n) is 5.41. The molecule has 0 aliphatic heterocycles. The van der Waals surface area contributed by atoms with Gasteiger partial charge in [-0.3, -0.25) is 9.48 Å². The summed E-state index contributed by atoms with van der Waals surface area (Å²) >= 11 is 0. The van der Waals surface area contributed by atoms with E-state index in [-0.39, 0.29) is 42.2 Å². The van der Waals surface area contributed by atoms with Crippen LogP contribution in [0.15, 0.2) is 23.4 Å². The maximum atomic E-state index is 14.1. The zero-order chi connectivity index (χ0) is 25.6. The van der Waals surface area contributed by atoms with Crippen LogP contribution < -0.4 is 5.32 Å². The van der Waals surface area contributed by atoms with E-state index < -0.39 is 56.1 Å². The molecule has 4 saturated carbocycles. The predicted octanol–water partition coefficient (Wildman–Crippen LogP) is 4.56. The van der Waals surface area contributed by atoms with E-state index in [4.69, 9.17) is 0 Å². The molecule has 0 unspecified atom stereocenters. The molecule has 7 nitrogen and oxygen atoms in total. The summed E-state index contributed by atoms with van der Waals surface area (Å²) in [4.78, 5) is 16.8. The number of nitrogens with zero attached hydrogens (tertiary/aromatic N) is 3. The van der Waals surface area contributed by atoms with Crippen molar-refractivity contribution in [2.75, 3.05) is 11.6 Å². The highest BCUT2D eigenvalue weighted by Gasteiger charge is 2.78. The molecular formula is C21H20F6N4O3S. The van der Waals surface area contributed by atoms with Crippen LogP contribution in [0.1, 0.15) is 59.8 Å². The Morgan fingerprint density at radius 2 is 1.80 bits per heavy atom. The summed E-state index contributed by atoms with van der Waals surface area (Å²) in [5, 5.41) is 5.98. The van der Waals surface area contributed by atoms with Crippen LogP contribution in [0, 0.1) is 10.8 Å². The summed E-state index contributed by atoms with van der Waals surface area (Å²) in [6.07, 6.45) is -7.05. The Morgan fingerprint density at radius 1 is 1.17 bits per heavy atom. The zero-order valence-corrected chi connectivity index (χ0v) is 19.1. The number of rotatable bonds is 6. The number of amides is 1. The molecule has 0 atom stereocenters.